The summed E-state index contributed by atoms with van der Waals surface area (Å²) < 4.78 is 5.19. The quantitative estimate of drug-likeness (QED) is 0.712. The van der Waals surface area contributed by atoms with E-state index in [2.05, 4.69) is 16.0 Å². The van der Waals surface area contributed by atoms with Gasteiger partial charge >= 0.3 is 6.09 Å². The molecule has 0 heterocycles. The van der Waals surface area contributed by atoms with Crippen LogP contribution in [0.4, 0.5) is 4.79 Å². The number of alkyl carbamates (subject to hydrolysis) is 1. The summed E-state index contributed by atoms with van der Waals surface area (Å²) in [6.07, 6.45) is 1.23. The fourth-order valence-corrected chi connectivity index (χ4v) is 2.56. The van der Waals surface area contributed by atoms with Crippen molar-refractivity contribution in [1.29, 1.82) is 0 Å². The molecule has 0 radical (unpaired) electrons. The lowest BCUT2D eigenvalue weighted by atomic mass is 9.86. The molecule has 6 nitrogen and oxygen atoms in total. The Morgan fingerprint density at radius 3 is 2.57 bits per heavy atom. The Morgan fingerprint density at radius 2 is 1.91 bits per heavy atom. The monoisotopic (exact) mass is 319 g/mol. The van der Waals surface area contributed by atoms with Gasteiger partial charge in [0.1, 0.15) is 6.61 Å². The minimum absolute atomic E-state index is 0.00572. The van der Waals surface area contributed by atoms with Crippen molar-refractivity contribution < 1.29 is 14.3 Å². The highest BCUT2D eigenvalue weighted by Gasteiger charge is 2.32. The Balaban J connectivity index is 1.60. The minimum Gasteiger partial charge on any atom is -0.445 e. The van der Waals surface area contributed by atoms with Gasteiger partial charge in [-0.2, -0.15) is 0 Å². The molecule has 1 saturated carbocycles. The first-order valence-electron chi connectivity index (χ1n) is 8.09. The molecule has 23 heavy (non-hydrogen) atoms. The van der Waals surface area contributed by atoms with E-state index in [-0.39, 0.29) is 30.6 Å². The molecule has 0 saturated heterocycles. The van der Waals surface area contributed by atoms with Crippen molar-refractivity contribution >= 4 is 12.0 Å². The van der Waals surface area contributed by atoms with Crippen LogP contribution in [0.25, 0.3) is 0 Å². The average molecular weight is 319 g/mol. The zero-order chi connectivity index (χ0) is 16.7. The number of nitrogens with one attached hydrogen (secondary N) is 3. The van der Waals surface area contributed by atoms with Gasteiger partial charge in [-0.3, -0.25) is 4.79 Å². The molecule has 0 spiro atoms. The number of benzene rings is 1. The maximum absolute atomic E-state index is 11.7. The van der Waals surface area contributed by atoms with Gasteiger partial charge in [0, 0.05) is 18.6 Å². The Kier molecular flexibility index (Phi) is 6.40. The van der Waals surface area contributed by atoms with E-state index in [1.165, 1.54) is 0 Å². The molecule has 126 valence electrons. The predicted octanol–water partition coefficient (Wildman–Crippen LogP) is 1.56. The Bertz CT molecular complexity index is 515. The molecule has 0 aromatic heterocycles. The van der Waals surface area contributed by atoms with Gasteiger partial charge in [-0.25, -0.2) is 4.79 Å². The molecule has 2 rings (SSSR count). The van der Waals surface area contributed by atoms with Crippen LogP contribution in [-0.2, 0) is 16.1 Å². The van der Waals surface area contributed by atoms with Gasteiger partial charge in [0.25, 0.3) is 0 Å². The standard InChI is InChI=1S/C17H25N3O3/c1-3-18-16(21)12(2)19-14-9-15(10-14)20-17(22)23-11-13-7-5-4-6-8-13/h4-8,12,14-15,19H,3,9-11H2,1-2H3,(H,18,21)(H,20,22). The molecule has 1 fully saturated rings. The molecule has 6 heteroatoms. The van der Waals surface area contributed by atoms with Gasteiger partial charge in [0.2, 0.25) is 5.91 Å². The van der Waals surface area contributed by atoms with Crippen LogP contribution in [0.5, 0.6) is 0 Å². The topological polar surface area (TPSA) is 79.5 Å². The molecule has 1 aliphatic carbocycles. The fraction of sp³-hybridized carbons (Fsp3) is 0.529. The maximum atomic E-state index is 11.7. The Morgan fingerprint density at radius 1 is 1.22 bits per heavy atom. The van der Waals surface area contributed by atoms with E-state index in [4.69, 9.17) is 4.74 Å². The number of hydrogen-bond acceptors (Lipinski definition) is 4. The van der Waals surface area contributed by atoms with E-state index < -0.39 is 6.09 Å². The largest absolute Gasteiger partial charge is 0.445 e. The van der Waals surface area contributed by atoms with Gasteiger partial charge in [-0.05, 0) is 32.3 Å². The minimum atomic E-state index is -0.394. The highest BCUT2D eigenvalue weighted by atomic mass is 16.5. The van der Waals surface area contributed by atoms with Crippen molar-refractivity contribution in [3.63, 3.8) is 0 Å². The normalized spacial score (nSPS) is 21.0. The SMILES string of the molecule is CCNC(=O)C(C)NC1CC(NC(=O)OCc2ccccc2)C1. The Hall–Kier alpha value is -2.08. The third kappa shape index (κ3) is 5.56. The van der Waals surface area contributed by atoms with Crippen molar-refractivity contribution in [1.82, 2.24) is 16.0 Å². The molecule has 0 aliphatic heterocycles. The van der Waals surface area contributed by atoms with E-state index in [1.807, 2.05) is 44.2 Å². The van der Waals surface area contributed by atoms with E-state index in [1.54, 1.807) is 0 Å². The summed E-state index contributed by atoms with van der Waals surface area (Å²) in [7, 11) is 0. The van der Waals surface area contributed by atoms with Crippen LogP contribution in [0.1, 0.15) is 32.3 Å². The summed E-state index contributed by atoms with van der Waals surface area (Å²) in [6.45, 7) is 4.65. The van der Waals surface area contributed by atoms with Gasteiger partial charge in [0.15, 0.2) is 0 Å². The molecule has 1 aliphatic rings. The number of carbonyl (C=O) groups excluding carboxylic acids is 2. The number of likely N-dealkylation sites (N-methyl/N-ethyl adjacent to an activating group) is 1. The van der Waals surface area contributed by atoms with Crippen LogP contribution in [0.3, 0.4) is 0 Å². The maximum Gasteiger partial charge on any atom is 0.407 e. The van der Waals surface area contributed by atoms with Crippen LogP contribution < -0.4 is 16.0 Å². The lowest BCUT2D eigenvalue weighted by Gasteiger charge is -2.37. The van der Waals surface area contributed by atoms with E-state index in [9.17, 15) is 9.59 Å². The smallest absolute Gasteiger partial charge is 0.407 e. The molecule has 1 aromatic carbocycles. The van der Waals surface area contributed by atoms with Gasteiger partial charge in [0.05, 0.1) is 6.04 Å². The van der Waals surface area contributed by atoms with Crippen LogP contribution in [0.2, 0.25) is 0 Å². The van der Waals surface area contributed by atoms with E-state index in [0.29, 0.717) is 6.54 Å². The fourth-order valence-electron chi connectivity index (χ4n) is 2.56. The molecule has 3 N–H and O–H groups in total. The lowest BCUT2D eigenvalue weighted by Crippen LogP contribution is -2.56. The van der Waals surface area contributed by atoms with Crippen LogP contribution >= 0.6 is 0 Å². The number of carbonyl (C=O) groups is 2. The van der Waals surface area contributed by atoms with Crippen molar-refractivity contribution in [2.24, 2.45) is 0 Å². The van der Waals surface area contributed by atoms with E-state index in [0.717, 1.165) is 18.4 Å². The first-order chi connectivity index (χ1) is 11.1. The summed E-state index contributed by atoms with van der Waals surface area (Å²) in [5.74, 6) is 0.00572. The molecule has 1 aromatic rings. The molecular formula is C17H25N3O3. The molecule has 0 bridgehead atoms. The molecule has 2 amide bonds. The second-order valence-corrected chi connectivity index (χ2v) is 5.85. The van der Waals surface area contributed by atoms with Gasteiger partial charge in [-0.1, -0.05) is 30.3 Å². The predicted molar refractivity (Wildman–Crippen MR) is 87.9 cm³/mol. The lowest BCUT2D eigenvalue weighted by molar-refractivity contribution is -0.123. The third-order valence-corrected chi connectivity index (χ3v) is 3.90. The third-order valence-electron chi connectivity index (χ3n) is 3.90. The first-order valence-corrected chi connectivity index (χ1v) is 8.09. The van der Waals surface area contributed by atoms with Crippen LogP contribution in [0, 0.1) is 0 Å². The second-order valence-electron chi connectivity index (χ2n) is 5.85. The second kappa shape index (κ2) is 8.53. The van der Waals surface area contributed by atoms with Crippen molar-refractivity contribution in [2.45, 2.75) is 51.4 Å². The number of rotatable bonds is 7. The molecule has 1 atom stereocenters. The van der Waals surface area contributed by atoms with Crippen molar-refractivity contribution in [3.8, 4) is 0 Å². The molecular weight excluding hydrogens is 294 g/mol. The Labute approximate surface area is 137 Å². The first kappa shape index (κ1) is 17.3. The zero-order valence-corrected chi connectivity index (χ0v) is 13.7. The van der Waals surface area contributed by atoms with Crippen LogP contribution in [0.15, 0.2) is 30.3 Å². The summed E-state index contributed by atoms with van der Waals surface area (Å²) >= 11 is 0. The summed E-state index contributed by atoms with van der Waals surface area (Å²) in [5, 5.41) is 8.88. The summed E-state index contributed by atoms with van der Waals surface area (Å²) in [4.78, 5) is 23.4. The number of amides is 2. The van der Waals surface area contributed by atoms with Gasteiger partial charge < -0.3 is 20.7 Å². The zero-order valence-electron chi connectivity index (χ0n) is 13.7. The van der Waals surface area contributed by atoms with Gasteiger partial charge in [-0.15, -0.1) is 0 Å². The summed E-state index contributed by atoms with van der Waals surface area (Å²) in [6, 6.07) is 9.73. The van der Waals surface area contributed by atoms with Crippen LogP contribution in [-0.4, -0.2) is 36.7 Å². The highest BCUT2D eigenvalue weighted by molar-refractivity contribution is 5.81. The van der Waals surface area contributed by atoms with Crippen molar-refractivity contribution in [2.75, 3.05) is 6.54 Å². The van der Waals surface area contributed by atoms with E-state index >= 15 is 0 Å². The summed E-state index contributed by atoms with van der Waals surface area (Å²) in [5.41, 5.74) is 0.964. The average Bonchev–Trinajstić information content (AvgIpc) is 2.52. The van der Waals surface area contributed by atoms with Crippen molar-refractivity contribution in [3.05, 3.63) is 35.9 Å². The highest BCUT2D eigenvalue weighted by Crippen LogP contribution is 2.20. The molecule has 1 unspecified atom stereocenters. The number of hydrogen-bond donors (Lipinski definition) is 3. The number of ether oxygens (including phenoxy) is 1.